The monoisotopic (exact) mass is 337 g/mol. The quantitative estimate of drug-likeness (QED) is 0.878. The van der Waals surface area contributed by atoms with Crippen molar-refractivity contribution in [1.29, 1.82) is 0 Å². The number of benzene rings is 1. The average molecular weight is 338 g/mol. The number of aryl methyl sites for hydroxylation is 1. The smallest absolute Gasteiger partial charge is 0.317 e. The van der Waals surface area contributed by atoms with E-state index in [0.29, 0.717) is 13.1 Å². The van der Waals surface area contributed by atoms with Crippen LogP contribution in [0.3, 0.4) is 0 Å². The van der Waals surface area contributed by atoms with Gasteiger partial charge in [0.1, 0.15) is 5.82 Å². The van der Waals surface area contributed by atoms with E-state index in [-0.39, 0.29) is 6.54 Å². The predicted octanol–water partition coefficient (Wildman–Crippen LogP) is 2.27. The molecule has 0 aliphatic rings. The first-order valence-electron chi connectivity index (χ1n) is 6.19. The molecule has 0 amide bonds. The Morgan fingerprint density at radius 3 is 2.85 bits per heavy atom. The first-order valence-corrected chi connectivity index (χ1v) is 6.98. The summed E-state index contributed by atoms with van der Waals surface area (Å²) < 4.78 is 2.89. The summed E-state index contributed by atoms with van der Waals surface area (Å²) in [6, 6.07) is 7.87. The van der Waals surface area contributed by atoms with Crippen molar-refractivity contribution in [2.45, 2.75) is 13.1 Å². The minimum absolute atomic E-state index is 0.0145. The van der Waals surface area contributed by atoms with E-state index in [9.17, 15) is 4.79 Å². The van der Waals surface area contributed by atoms with Crippen LogP contribution in [-0.4, -0.2) is 32.1 Å². The summed E-state index contributed by atoms with van der Waals surface area (Å²) in [7, 11) is 1.90. The molecule has 6 heteroatoms. The first-order chi connectivity index (χ1) is 9.54. The standard InChI is InChI=1S/C14H16BrN3O2/c1-17-6-5-16-13(17)9-18(10-14(19)20)8-11-3-2-4-12(15)7-11/h2-7H,8-10H2,1H3,(H,19,20). The number of carbonyl (C=O) groups is 1. The number of aliphatic carboxylic acids is 1. The number of imidazole rings is 1. The van der Waals surface area contributed by atoms with Crippen molar-refractivity contribution in [3.8, 4) is 0 Å². The number of carboxylic acids is 1. The van der Waals surface area contributed by atoms with Gasteiger partial charge in [-0.05, 0) is 17.7 Å². The van der Waals surface area contributed by atoms with Crippen LogP contribution in [0.1, 0.15) is 11.4 Å². The Hall–Kier alpha value is -1.66. The van der Waals surface area contributed by atoms with Gasteiger partial charge in [-0.3, -0.25) is 9.69 Å². The topological polar surface area (TPSA) is 58.4 Å². The van der Waals surface area contributed by atoms with Gasteiger partial charge >= 0.3 is 5.97 Å². The minimum Gasteiger partial charge on any atom is -0.480 e. The summed E-state index contributed by atoms with van der Waals surface area (Å²) >= 11 is 3.42. The second kappa shape index (κ2) is 6.67. The molecule has 0 radical (unpaired) electrons. The third-order valence-electron chi connectivity index (χ3n) is 2.94. The van der Waals surface area contributed by atoms with Crippen LogP contribution in [0.25, 0.3) is 0 Å². The fourth-order valence-corrected chi connectivity index (χ4v) is 2.45. The van der Waals surface area contributed by atoms with Crippen LogP contribution in [0.4, 0.5) is 0 Å². The molecule has 5 nitrogen and oxygen atoms in total. The van der Waals surface area contributed by atoms with Gasteiger partial charge in [0.2, 0.25) is 0 Å². The highest BCUT2D eigenvalue weighted by molar-refractivity contribution is 9.10. The maximum absolute atomic E-state index is 11.0. The number of rotatable bonds is 6. The van der Waals surface area contributed by atoms with Crippen molar-refractivity contribution < 1.29 is 9.90 Å². The van der Waals surface area contributed by atoms with Crippen LogP contribution in [0.15, 0.2) is 41.1 Å². The molecule has 0 saturated heterocycles. The number of carboxylic acid groups (broad SMARTS) is 1. The van der Waals surface area contributed by atoms with E-state index in [1.807, 2.05) is 47.0 Å². The Balaban J connectivity index is 2.11. The molecule has 20 heavy (non-hydrogen) atoms. The van der Waals surface area contributed by atoms with Gasteiger partial charge in [0.15, 0.2) is 0 Å². The SMILES string of the molecule is Cn1ccnc1CN(CC(=O)O)Cc1cccc(Br)c1. The van der Waals surface area contributed by atoms with Crippen molar-refractivity contribution >= 4 is 21.9 Å². The molecule has 0 unspecified atom stereocenters. The highest BCUT2D eigenvalue weighted by Crippen LogP contribution is 2.14. The molecular weight excluding hydrogens is 322 g/mol. The largest absolute Gasteiger partial charge is 0.480 e. The summed E-state index contributed by atoms with van der Waals surface area (Å²) in [4.78, 5) is 17.1. The van der Waals surface area contributed by atoms with E-state index in [0.717, 1.165) is 15.9 Å². The predicted molar refractivity (Wildman–Crippen MR) is 79.1 cm³/mol. The number of halogens is 1. The lowest BCUT2D eigenvalue weighted by Crippen LogP contribution is -2.30. The van der Waals surface area contributed by atoms with Crippen molar-refractivity contribution in [3.63, 3.8) is 0 Å². The molecule has 0 aliphatic heterocycles. The first kappa shape index (κ1) is 14.7. The lowest BCUT2D eigenvalue weighted by molar-refractivity contribution is -0.138. The van der Waals surface area contributed by atoms with Crippen LogP contribution < -0.4 is 0 Å². The van der Waals surface area contributed by atoms with Crippen molar-refractivity contribution in [3.05, 3.63) is 52.5 Å². The molecule has 0 aliphatic carbocycles. The van der Waals surface area contributed by atoms with Gasteiger partial charge in [0, 0.05) is 30.5 Å². The summed E-state index contributed by atoms with van der Waals surface area (Å²) in [5.74, 6) is 0.00968. The van der Waals surface area contributed by atoms with E-state index in [2.05, 4.69) is 20.9 Å². The summed E-state index contributed by atoms with van der Waals surface area (Å²) in [5, 5.41) is 9.04. The molecule has 0 spiro atoms. The molecule has 1 N–H and O–H groups in total. The molecule has 0 bridgehead atoms. The minimum atomic E-state index is -0.839. The highest BCUT2D eigenvalue weighted by Gasteiger charge is 2.13. The maximum atomic E-state index is 11.0. The molecular formula is C14H16BrN3O2. The zero-order valence-electron chi connectivity index (χ0n) is 11.2. The Morgan fingerprint density at radius 1 is 1.45 bits per heavy atom. The molecule has 106 valence electrons. The molecule has 0 saturated carbocycles. The second-order valence-corrected chi connectivity index (χ2v) is 5.54. The lowest BCUT2D eigenvalue weighted by Gasteiger charge is -2.20. The van der Waals surface area contributed by atoms with E-state index < -0.39 is 5.97 Å². The van der Waals surface area contributed by atoms with Gasteiger partial charge in [-0.25, -0.2) is 4.98 Å². The number of aromatic nitrogens is 2. The zero-order valence-corrected chi connectivity index (χ0v) is 12.7. The van der Waals surface area contributed by atoms with Crippen LogP contribution in [0, 0.1) is 0 Å². The number of hydrogen-bond donors (Lipinski definition) is 1. The average Bonchev–Trinajstić information content (AvgIpc) is 2.74. The van der Waals surface area contributed by atoms with Gasteiger partial charge < -0.3 is 9.67 Å². The van der Waals surface area contributed by atoms with E-state index in [1.165, 1.54) is 0 Å². The normalized spacial score (nSPS) is 10.9. The summed E-state index contributed by atoms with van der Waals surface area (Å²) in [6.07, 6.45) is 3.57. The zero-order chi connectivity index (χ0) is 14.5. The Labute approximate surface area is 126 Å². The van der Waals surface area contributed by atoms with E-state index in [1.54, 1.807) is 6.20 Å². The second-order valence-electron chi connectivity index (χ2n) is 4.62. The fraction of sp³-hybridized carbons (Fsp3) is 0.286. The van der Waals surface area contributed by atoms with Crippen molar-refractivity contribution in [2.24, 2.45) is 7.05 Å². The van der Waals surface area contributed by atoms with Gasteiger partial charge in [-0.1, -0.05) is 28.1 Å². The maximum Gasteiger partial charge on any atom is 0.317 e. The van der Waals surface area contributed by atoms with Gasteiger partial charge in [-0.15, -0.1) is 0 Å². The third-order valence-corrected chi connectivity index (χ3v) is 3.43. The van der Waals surface area contributed by atoms with Gasteiger partial charge in [0.05, 0.1) is 13.1 Å². The van der Waals surface area contributed by atoms with E-state index >= 15 is 0 Å². The lowest BCUT2D eigenvalue weighted by atomic mass is 10.2. The molecule has 2 rings (SSSR count). The molecule has 1 heterocycles. The molecule has 2 aromatic rings. The molecule has 1 aromatic carbocycles. The fourth-order valence-electron chi connectivity index (χ4n) is 2.00. The molecule has 1 aromatic heterocycles. The van der Waals surface area contributed by atoms with Gasteiger partial charge in [-0.2, -0.15) is 0 Å². The number of nitrogens with zero attached hydrogens (tertiary/aromatic N) is 3. The third kappa shape index (κ3) is 4.18. The number of hydrogen-bond acceptors (Lipinski definition) is 3. The Kier molecular flexibility index (Phi) is 4.92. The highest BCUT2D eigenvalue weighted by atomic mass is 79.9. The van der Waals surface area contributed by atoms with Gasteiger partial charge in [0.25, 0.3) is 0 Å². The summed E-state index contributed by atoms with van der Waals surface area (Å²) in [5.41, 5.74) is 1.06. The Morgan fingerprint density at radius 2 is 2.25 bits per heavy atom. The van der Waals surface area contributed by atoms with Crippen LogP contribution in [-0.2, 0) is 24.9 Å². The van der Waals surface area contributed by atoms with Crippen molar-refractivity contribution in [2.75, 3.05) is 6.54 Å². The Bertz CT molecular complexity index is 598. The van der Waals surface area contributed by atoms with Crippen molar-refractivity contribution in [1.82, 2.24) is 14.5 Å². The van der Waals surface area contributed by atoms with E-state index in [4.69, 9.17) is 5.11 Å². The van der Waals surface area contributed by atoms with Crippen LogP contribution in [0.2, 0.25) is 0 Å². The molecule has 0 fully saturated rings. The summed E-state index contributed by atoms with van der Waals surface area (Å²) in [6.45, 7) is 1.06. The van der Waals surface area contributed by atoms with Crippen LogP contribution in [0.5, 0.6) is 0 Å². The van der Waals surface area contributed by atoms with Crippen LogP contribution >= 0.6 is 15.9 Å². The molecule has 0 atom stereocenters.